The Morgan fingerprint density at radius 1 is 1.44 bits per heavy atom. The summed E-state index contributed by atoms with van der Waals surface area (Å²) in [5.41, 5.74) is 0.714. The van der Waals surface area contributed by atoms with Gasteiger partial charge < -0.3 is 0 Å². The van der Waals surface area contributed by atoms with Crippen LogP contribution < -0.4 is 4.72 Å². The number of benzene rings is 1. The van der Waals surface area contributed by atoms with E-state index in [0.717, 1.165) is 4.80 Å². The first kappa shape index (κ1) is 12.8. The summed E-state index contributed by atoms with van der Waals surface area (Å²) in [6.45, 7) is 0. The van der Waals surface area contributed by atoms with Gasteiger partial charge in [-0.2, -0.15) is 4.80 Å². The van der Waals surface area contributed by atoms with Crippen LogP contribution in [0.15, 0.2) is 29.2 Å². The Bertz CT molecular complexity index is 654. The fourth-order valence-electron chi connectivity index (χ4n) is 1.30. The first-order valence-corrected chi connectivity index (χ1v) is 6.95. The molecule has 0 fully saturated rings. The SMILES string of the molecule is Cn1nnc(NS(=O)(=O)c2cccc(CCl)c2)n1. The monoisotopic (exact) mass is 287 g/mol. The van der Waals surface area contributed by atoms with Crippen LogP contribution in [0.3, 0.4) is 0 Å². The Morgan fingerprint density at radius 3 is 2.83 bits per heavy atom. The number of tetrazole rings is 1. The lowest BCUT2D eigenvalue weighted by Gasteiger charge is -2.05. The van der Waals surface area contributed by atoms with Gasteiger partial charge in [0.25, 0.3) is 16.0 Å². The van der Waals surface area contributed by atoms with Crippen LogP contribution in [-0.4, -0.2) is 28.6 Å². The van der Waals surface area contributed by atoms with Crippen molar-refractivity contribution < 1.29 is 8.42 Å². The van der Waals surface area contributed by atoms with Crippen molar-refractivity contribution in [3.8, 4) is 0 Å². The standard InChI is InChI=1S/C9H10ClN5O2S/c1-15-12-9(11-14-15)13-18(16,17)8-4-2-3-7(5-8)6-10/h2-5H,6H2,1H3,(H,12,13). The smallest absolute Gasteiger partial charge is 0.245 e. The minimum absolute atomic E-state index is 0.0752. The number of alkyl halides is 1. The molecular weight excluding hydrogens is 278 g/mol. The summed E-state index contributed by atoms with van der Waals surface area (Å²) in [6, 6.07) is 6.32. The summed E-state index contributed by atoms with van der Waals surface area (Å²) < 4.78 is 26.2. The van der Waals surface area contributed by atoms with E-state index in [4.69, 9.17) is 11.6 Å². The molecule has 1 N–H and O–H groups in total. The van der Waals surface area contributed by atoms with E-state index < -0.39 is 10.0 Å². The van der Waals surface area contributed by atoms with Crippen molar-refractivity contribution in [3.05, 3.63) is 29.8 Å². The van der Waals surface area contributed by atoms with Crippen LogP contribution in [0.2, 0.25) is 0 Å². The van der Waals surface area contributed by atoms with E-state index in [1.165, 1.54) is 12.1 Å². The maximum atomic E-state index is 12.0. The molecule has 9 heteroatoms. The summed E-state index contributed by atoms with van der Waals surface area (Å²) in [7, 11) is -2.18. The third kappa shape index (κ3) is 2.77. The van der Waals surface area contributed by atoms with E-state index in [0.29, 0.717) is 5.56 Å². The van der Waals surface area contributed by atoms with Crippen molar-refractivity contribution in [1.29, 1.82) is 0 Å². The Labute approximate surface area is 109 Å². The lowest BCUT2D eigenvalue weighted by molar-refractivity contribution is 0.600. The molecule has 1 aromatic heterocycles. The highest BCUT2D eigenvalue weighted by atomic mass is 35.5. The Morgan fingerprint density at radius 2 is 2.22 bits per heavy atom. The second kappa shape index (κ2) is 4.91. The first-order chi connectivity index (χ1) is 8.51. The number of hydrogen-bond donors (Lipinski definition) is 1. The highest BCUT2D eigenvalue weighted by Crippen LogP contribution is 2.15. The summed E-state index contributed by atoms with van der Waals surface area (Å²) in [5, 5.41) is 10.8. The largest absolute Gasteiger partial charge is 0.277 e. The van der Waals surface area contributed by atoms with Gasteiger partial charge in [0, 0.05) is 5.88 Å². The minimum atomic E-state index is -3.72. The third-order valence-corrected chi connectivity index (χ3v) is 3.73. The molecule has 0 aliphatic rings. The van der Waals surface area contributed by atoms with E-state index >= 15 is 0 Å². The predicted molar refractivity (Wildman–Crippen MR) is 65.6 cm³/mol. The van der Waals surface area contributed by atoms with Crippen molar-refractivity contribution in [2.24, 2.45) is 7.05 Å². The van der Waals surface area contributed by atoms with Crippen molar-refractivity contribution in [2.45, 2.75) is 10.8 Å². The number of anilines is 1. The Kier molecular flexibility index (Phi) is 3.48. The molecule has 0 radical (unpaired) electrons. The summed E-state index contributed by atoms with van der Waals surface area (Å²) >= 11 is 5.66. The molecule has 18 heavy (non-hydrogen) atoms. The molecule has 2 aromatic rings. The molecule has 0 bridgehead atoms. The molecule has 1 heterocycles. The fourth-order valence-corrected chi connectivity index (χ4v) is 2.47. The van der Waals surface area contributed by atoms with Crippen molar-refractivity contribution in [2.75, 3.05) is 4.72 Å². The topological polar surface area (TPSA) is 89.8 Å². The molecule has 0 amide bonds. The quantitative estimate of drug-likeness (QED) is 0.838. The van der Waals surface area contributed by atoms with Gasteiger partial charge in [-0.15, -0.1) is 16.7 Å². The van der Waals surface area contributed by atoms with Crippen LogP contribution in [-0.2, 0) is 23.0 Å². The highest BCUT2D eigenvalue weighted by molar-refractivity contribution is 7.92. The van der Waals surface area contributed by atoms with E-state index in [1.54, 1.807) is 19.2 Å². The zero-order chi connectivity index (χ0) is 13.2. The van der Waals surface area contributed by atoms with Gasteiger partial charge in [0.1, 0.15) is 0 Å². The molecule has 0 aliphatic heterocycles. The Balaban J connectivity index is 2.30. The normalized spacial score (nSPS) is 11.4. The molecule has 7 nitrogen and oxygen atoms in total. The van der Waals surface area contributed by atoms with Gasteiger partial charge in [-0.1, -0.05) is 17.2 Å². The molecule has 0 saturated heterocycles. The number of rotatable bonds is 4. The maximum absolute atomic E-state index is 12.0. The van der Waals surface area contributed by atoms with Gasteiger partial charge in [0.05, 0.1) is 11.9 Å². The zero-order valence-corrected chi connectivity index (χ0v) is 11.0. The average molecular weight is 288 g/mol. The second-order valence-electron chi connectivity index (χ2n) is 3.49. The molecule has 0 atom stereocenters. The molecule has 0 unspecified atom stereocenters. The van der Waals surface area contributed by atoms with Crippen LogP contribution in [0.1, 0.15) is 5.56 Å². The summed E-state index contributed by atoms with van der Waals surface area (Å²) in [4.78, 5) is 1.26. The van der Waals surface area contributed by atoms with Gasteiger partial charge in [-0.3, -0.25) is 0 Å². The third-order valence-electron chi connectivity index (χ3n) is 2.10. The number of nitrogens with one attached hydrogen (secondary N) is 1. The number of hydrogen-bond acceptors (Lipinski definition) is 5. The van der Waals surface area contributed by atoms with E-state index in [-0.39, 0.29) is 16.7 Å². The number of halogens is 1. The average Bonchev–Trinajstić information content (AvgIpc) is 2.74. The highest BCUT2D eigenvalue weighted by Gasteiger charge is 2.16. The molecule has 1 aromatic carbocycles. The molecule has 0 spiro atoms. The number of aryl methyl sites for hydroxylation is 1. The molecule has 2 rings (SSSR count). The number of sulfonamides is 1. The lowest BCUT2D eigenvalue weighted by Crippen LogP contribution is -2.14. The molecule has 0 saturated carbocycles. The van der Waals surface area contributed by atoms with Gasteiger partial charge in [0.15, 0.2) is 0 Å². The molecule has 96 valence electrons. The van der Waals surface area contributed by atoms with E-state index in [1.807, 2.05) is 0 Å². The maximum Gasteiger partial charge on any atom is 0.277 e. The Hall–Kier alpha value is -1.67. The minimum Gasteiger partial charge on any atom is -0.245 e. The molecule has 0 aliphatic carbocycles. The predicted octanol–water partition coefficient (Wildman–Crippen LogP) is 0.750. The van der Waals surface area contributed by atoms with Gasteiger partial charge >= 0.3 is 0 Å². The number of nitrogens with zero attached hydrogens (tertiary/aromatic N) is 4. The fraction of sp³-hybridized carbons (Fsp3) is 0.222. The van der Waals surface area contributed by atoms with Crippen molar-refractivity contribution >= 4 is 27.6 Å². The summed E-state index contributed by atoms with van der Waals surface area (Å²) in [5.74, 6) is 0.168. The van der Waals surface area contributed by atoms with Crippen LogP contribution in [0.5, 0.6) is 0 Å². The van der Waals surface area contributed by atoms with Crippen molar-refractivity contribution in [1.82, 2.24) is 20.2 Å². The second-order valence-corrected chi connectivity index (χ2v) is 5.44. The first-order valence-electron chi connectivity index (χ1n) is 4.93. The van der Waals surface area contributed by atoms with Crippen LogP contribution in [0.4, 0.5) is 5.95 Å². The van der Waals surface area contributed by atoms with Crippen molar-refractivity contribution in [3.63, 3.8) is 0 Å². The van der Waals surface area contributed by atoms with Gasteiger partial charge in [-0.05, 0) is 22.9 Å². The van der Waals surface area contributed by atoms with Crippen LogP contribution >= 0.6 is 11.6 Å². The van der Waals surface area contributed by atoms with E-state index in [2.05, 4.69) is 20.1 Å². The summed E-state index contributed by atoms with van der Waals surface area (Å²) in [6.07, 6.45) is 0. The number of aromatic nitrogens is 4. The van der Waals surface area contributed by atoms with Gasteiger partial charge in [-0.25, -0.2) is 13.1 Å². The van der Waals surface area contributed by atoms with Crippen LogP contribution in [0, 0.1) is 0 Å². The van der Waals surface area contributed by atoms with Crippen LogP contribution in [0.25, 0.3) is 0 Å². The van der Waals surface area contributed by atoms with Gasteiger partial charge in [0.2, 0.25) is 0 Å². The zero-order valence-electron chi connectivity index (χ0n) is 9.41. The van der Waals surface area contributed by atoms with E-state index in [9.17, 15) is 8.42 Å². The lowest BCUT2D eigenvalue weighted by atomic mass is 10.2. The molecular formula is C9H10ClN5O2S.